The monoisotopic (exact) mass is 339 g/mol. The molecule has 5 nitrogen and oxygen atoms in total. The van der Waals surface area contributed by atoms with Gasteiger partial charge in [-0.1, -0.05) is 25.0 Å². The molecule has 1 aromatic carbocycles. The van der Waals surface area contributed by atoms with Crippen LogP contribution in [0.2, 0.25) is 0 Å². The lowest BCUT2D eigenvalue weighted by molar-refractivity contribution is 0.0933. The fourth-order valence-corrected chi connectivity index (χ4v) is 3.14. The highest BCUT2D eigenvalue weighted by Crippen LogP contribution is 2.18. The molecule has 1 aromatic heterocycles. The van der Waals surface area contributed by atoms with Gasteiger partial charge in [-0.3, -0.25) is 9.78 Å². The van der Waals surface area contributed by atoms with Crippen LogP contribution in [0.1, 0.15) is 41.7 Å². The van der Waals surface area contributed by atoms with Gasteiger partial charge in [0.15, 0.2) is 0 Å². The number of nitrogens with one attached hydrogen (secondary N) is 2. The predicted octanol–water partition coefficient (Wildman–Crippen LogP) is 3.42. The highest BCUT2D eigenvalue weighted by atomic mass is 16.5. The van der Waals surface area contributed by atoms with Crippen molar-refractivity contribution in [2.24, 2.45) is 0 Å². The molecule has 0 aliphatic heterocycles. The predicted molar refractivity (Wildman–Crippen MR) is 99.1 cm³/mol. The molecule has 2 aromatic rings. The largest absolute Gasteiger partial charge is 0.497 e. The standard InChI is InChI=1S/C20H25N3O2/c1-25-18-8-6-15(7-9-18)10-12-21-17-11-13-22-19(14-17)20(24)23-16-4-2-3-5-16/h6-9,11,13-14,16H,2-5,10,12H2,1H3,(H,21,22)(H,23,24). The van der Waals surface area contributed by atoms with Gasteiger partial charge < -0.3 is 15.4 Å². The Morgan fingerprint density at radius 2 is 1.96 bits per heavy atom. The molecule has 2 N–H and O–H groups in total. The van der Waals surface area contributed by atoms with Gasteiger partial charge in [-0.05, 0) is 49.1 Å². The summed E-state index contributed by atoms with van der Waals surface area (Å²) in [7, 11) is 1.67. The summed E-state index contributed by atoms with van der Waals surface area (Å²) >= 11 is 0. The second kappa shape index (κ2) is 8.51. The number of aromatic nitrogens is 1. The van der Waals surface area contributed by atoms with Crippen LogP contribution < -0.4 is 15.4 Å². The van der Waals surface area contributed by atoms with E-state index in [0.29, 0.717) is 11.7 Å². The third kappa shape index (κ3) is 4.95. The minimum Gasteiger partial charge on any atom is -0.497 e. The van der Waals surface area contributed by atoms with Crippen molar-refractivity contribution in [3.63, 3.8) is 0 Å². The van der Waals surface area contributed by atoms with Crippen LogP contribution in [0, 0.1) is 0 Å². The normalized spacial score (nSPS) is 14.3. The summed E-state index contributed by atoms with van der Waals surface area (Å²) in [5.74, 6) is 0.787. The van der Waals surface area contributed by atoms with E-state index in [1.165, 1.54) is 18.4 Å². The quantitative estimate of drug-likeness (QED) is 0.811. The molecular weight excluding hydrogens is 314 g/mol. The third-order valence-corrected chi connectivity index (χ3v) is 4.58. The molecule has 132 valence electrons. The van der Waals surface area contributed by atoms with Crippen molar-refractivity contribution in [2.75, 3.05) is 19.0 Å². The minimum atomic E-state index is -0.0781. The maximum absolute atomic E-state index is 12.3. The van der Waals surface area contributed by atoms with Crippen LogP contribution in [0.3, 0.4) is 0 Å². The van der Waals surface area contributed by atoms with Crippen molar-refractivity contribution in [1.82, 2.24) is 10.3 Å². The van der Waals surface area contributed by atoms with Crippen molar-refractivity contribution >= 4 is 11.6 Å². The van der Waals surface area contributed by atoms with Crippen LogP contribution in [0.25, 0.3) is 0 Å². The maximum Gasteiger partial charge on any atom is 0.270 e. The van der Waals surface area contributed by atoms with Gasteiger partial charge >= 0.3 is 0 Å². The van der Waals surface area contributed by atoms with Crippen LogP contribution >= 0.6 is 0 Å². The minimum absolute atomic E-state index is 0.0781. The van der Waals surface area contributed by atoms with E-state index in [2.05, 4.69) is 27.8 Å². The number of carbonyl (C=O) groups is 1. The molecule has 0 atom stereocenters. The first kappa shape index (κ1) is 17.3. The first-order valence-electron chi connectivity index (χ1n) is 8.88. The van der Waals surface area contributed by atoms with E-state index in [4.69, 9.17) is 4.74 Å². The van der Waals surface area contributed by atoms with Gasteiger partial charge in [0.2, 0.25) is 0 Å². The molecule has 0 bridgehead atoms. The zero-order valence-electron chi connectivity index (χ0n) is 14.6. The van der Waals surface area contributed by atoms with Crippen LogP contribution in [0.15, 0.2) is 42.6 Å². The smallest absolute Gasteiger partial charge is 0.270 e. The summed E-state index contributed by atoms with van der Waals surface area (Å²) < 4.78 is 5.17. The number of anilines is 1. The zero-order chi connectivity index (χ0) is 17.5. The molecule has 3 rings (SSSR count). The fraction of sp³-hybridized carbons (Fsp3) is 0.400. The summed E-state index contributed by atoms with van der Waals surface area (Å²) in [5, 5.41) is 6.43. The summed E-state index contributed by atoms with van der Waals surface area (Å²) in [4.78, 5) is 16.5. The summed E-state index contributed by atoms with van der Waals surface area (Å²) in [6, 6.07) is 12.1. The van der Waals surface area contributed by atoms with E-state index < -0.39 is 0 Å². The number of hydrogen-bond acceptors (Lipinski definition) is 4. The van der Waals surface area contributed by atoms with E-state index in [1.807, 2.05) is 24.3 Å². The first-order valence-corrected chi connectivity index (χ1v) is 8.88. The van der Waals surface area contributed by atoms with Gasteiger partial charge in [0.1, 0.15) is 11.4 Å². The Balaban J connectivity index is 1.51. The molecule has 0 saturated heterocycles. The number of nitrogens with zero attached hydrogens (tertiary/aromatic N) is 1. The molecule has 1 aliphatic carbocycles. The highest BCUT2D eigenvalue weighted by molar-refractivity contribution is 5.93. The zero-order valence-corrected chi connectivity index (χ0v) is 14.6. The Kier molecular flexibility index (Phi) is 5.88. The van der Waals surface area contributed by atoms with Crippen LogP contribution in [-0.4, -0.2) is 30.6 Å². The molecule has 1 aliphatic rings. The number of ether oxygens (including phenoxy) is 1. The van der Waals surface area contributed by atoms with Crippen molar-refractivity contribution in [2.45, 2.75) is 38.1 Å². The topological polar surface area (TPSA) is 63.2 Å². The van der Waals surface area contributed by atoms with Crippen molar-refractivity contribution in [1.29, 1.82) is 0 Å². The Labute approximate surface area is 148 Å². The molecule has 1 fully saturated rings. The number of carbonyl (C=O) groups excluding carboxylic acids is 1. The van der Waals surface area contributed by atoms with Crippen molar-refractivity contribution in [3.05, 3.63) is 53.9 Å². The Morgan fingerprint density at radius 3 is 2.68 bits per heavy atom. The van der Waals surface area contributed by atoms with E-state index in [0.717, 1.165) is 37.2 Å². The SMILES string of the molecule is COc1ccc(CCNc2ccnc(C(=O)NC3CCCC3)c2)cc1. The molecule has 0 radical (unpaired) electrons. The lowest BCUT2D eigenvalue weighted by Gasteiger charge is -2.12. The second-order valence-electron chi connectivity index (χ2n) is 6.41. The molecule has 1 saturated carbocycles. The number of benzene rings is 1. The molecule has 1 heterocycles. The average Bonchev–Trinajstić information content (AvgIpc) is 3.15. The fourth-order valence-electron chi connectivity index (χ4n) is 3.14. The summed E-state index contributed by atoms with van der Waals surface area (Å²) in [5.41, 5.74) is 2.63. The number of methoxy groups -OCH3 is 1. The van der Waals surface area contributed by atoms with Gasteiger partial charge in [0.05, 0.1) is 7.11 Å². The van der Waals surface area contributed by atoms with Crippen molar-refractivity contribution < 1.29 is 9.53 Å². The number of amides is 1. The number of rotatable bonds is 7. The Morgan fingerprint density at radius 1 is 1.20 bits per heavy atom. The van der Waals surface area contributed by atoms with Gasteiger partial charge in [-0.15, -0.1) is 0 Å². The van der Waals surface area contributed by atoms with Crippen LogP contribution in [-0.2, 0) is 6.42 Å². The molecular formula is C20H25N3O2. The lowest BCUT2D eigenvalue weighted by Crippen LogP contribution is -2.33. The molecule has 0 spiro atoms. The van der Waals surface area contributed by atoms with E-state index >= 15 is 0 Å². The van der Waals surface area contributed by atoms with E-state index in [9.17, 15) is 4.79 Å². The van der Waals surface area contributed by atoms with E-state index in [-0.39, 0.29) is 5.91 Å². The second-order valence-corrected chi connectivity index (χ2v) is 6.41. The van der Waals surface area contributed by atoms with Gasteiger partial charge in [0.25, 0.3) is 5.91 Å². The Hall–Kier alpha value is -2.56. The average molecular weight is 339 g/mol. The number of hydrogen-bond donors (Lipinski definition) is 2. The van der Waals surface area contributed by atoms with Crippen LogP contribution in [0.4, 0.5) is 5.69 Å². The van der Waals surface area contributed by atoms with Gasteiger partial charge in [0, 0.05) is 24.5 Å². The van der Waals surface area contributed by atoms with Gasteiger partial charge in [-0.25, -0.2) is 0 Å². The highest BCUT2D eigenvalue weighted by Gasteiger charge is 2.18. The molecule has 25 heavy (non-hydrogen) atoms. The lowest BCUT2D eigenvalue weighted by atomic mass is 10.1. The number of pyridine rings is 1. The molecule has 5 heteroatoms. The van der Waals surface area contributed by atoms with Crippen molar-refractivity contribution in [3.8, 4) is 5.75 Å². The third-order valence-electron chi connectivity index (χ3n) is 4.58. The van der Waals surface area contributed by atoms with Crippen LogP contribution in [0.5, 0.6) is 5.75 Å². The van der Waals surface area contributed by atoms with Gasteiger partial charge in [-0.2, -0.15) is 0 Å². The van der Waals surface area contributed by atoms with E-state index in [1.54, 1.807) is 13.3 Å². The Bertz CT molecular complexity index is 694. The molecule has 0 unspecified atom stereocenters. The maximum atomic E-state index is 12.3. The molecule has 1 amide bonds. The first-order chi connectivity index (χ1) is 12.2. The summed E-state index contributed by atoms with van der Waals surface area (Å²) in [6.45, 7) is 0.792. The summed E-state index contributed by atoms with van der Waals surface area (Å²) in [6.07, 6.45) is 7.13.